The van der Waals surface area contributed by atoms with E-state index < -0.39 is 0 Å². The quantitative estimate of drug-likeness (QED) is 0.297. The maximum atomic E-state index is 2.25. The van der Waals surface area contributed by atoms with E-state index >= 15 is 0 Å². The van der Waals surface area contributed by atoms with Gasteiger partial charge in [-0.15, -0.1) is 0 Å². The van der Waals surface area contributed by atoms with Crippen molar-refractivity contribution in [2.45, 2.75) is 0 Å². The van der Waals surface area contributed by atoms with Crippen LogP contribution in [0.4, 0.5) is 5.69 Å². The summed E-state index contributed by atoms with van der Waals surface area (Å²) in [4.78, 5) is 2.21. The predicted molar refractivity (Wildman–Crippen MR) is 135 cm³/mol. The molecule has 0 bridgehead atoms. The Labute approximate surface area is 184 Å². The van der Waals surface area contributed by atoms with Crippen LogP contribution in [0.3, 0.4) is 0 Å². The summed E-state index contributed by atoms with van der Waals surface area (Å²) in [6.07, 6.45) is 0. The van der Waals surface area contributed by atoms with Gasteiger partial charge in [-0.2, -0.15) is 0 Å². The van der Waals surface area contributed by atoms with Gasteiger partial charge in [-0.1, -0.05) is 109 Å². The predicted octanol–water partition coefficient (Wildman–Crippen LogP) is 7.91. The molecule has 0 aliphatic rings. The van der Waals surface area contributed by atoms with Gasteiger partial charge in [0.2, 0.25) is 0 Å². The molecule has 5 rings (SSSR count). The van der Waals surface area contributed by atoms with Crippen LogP contribution < -0.4 is 4.90 Å². The molecular formula is C30H25N. The van der Waals surface area contributed by atoms with Gasteiger partial charge in [0.1, 0.15) is 0 Å². The minimum Gasteiger partial charge on any atom is -0.377 e. The van der Waals surface area contributed by atoms with Crippen LogP contribution in [-0.4, -0.2) is 14.1 Å². The highest BCUT2D eigenvalue weighted by molar-refractivity contribution is 6.06. The third-order valence-electron chi connectivity index (χ3n) is 5.89. The van der Waals surface area contributed by atoms with Crippen LogP contribution in [0.5, 0.6) is 0 Å². The highest BCUT2D eigenvalue weighted by atomic mass is 15.1. The van der Waals surface area contributed by atoms with Crippen LogP contribution >= 0.6 is 0 Å². The van der Waals surface area contributed by atoms with Gasteiger partial charge < -0.3 is 4.90 Å². The van der Waals surface area contributed by atoms with Crippen LogP contribution in [0.1, 0.15) is 0 Å². The summed E-state index contributed by atoms with van der Waals surface area (Å²) < 4.78 is 0. The lowest BCUT2D eigenvalue weighted by molar-refractivity contribution is 1.14. The molecule has 0 spiro atoms. The van der Waals surface area contributed by atoms with E-state index in [1.165, 1.54) is 49.8 Å². The van der Waals surface area contributed by atoms with E-state index in [2.05, 4.69) is 134 Å². The average molecular weight is 400 g/mol. The molecule has 31 heavy (non-hydrogen) atoms. The second-order valence-electron chi connectivity index (χ2n) is 8.06. The van der Waals surface area contributed by atoms with E-state index in [0.717, 1.165) is 0 Å². The second kappa shape index (κ2) is 8.12. The zero-order valence-corrected chi connectivity index (χ0v) is 17.9. The molecule has 0 unspecified atom stereocenters. The van der Waals surface area contributed by atoms with E-state index in [4.69, 9.17) is 0 Å². The Morgan fingerprint density at radius 1 is 0.452 bits per heavy atom. The minimum atomic E-state index is 1.23. The number of rotatable bonds is 4. The number of benzene rings is 5. The number of hydrogen-bond acceptors (Lipinski definition) is 1. The fourth-order valence-electron chi connectivity index (χ4n) is 4.34. The highest BCUT2D eigenvalue weighted by Gasteiger charge is 2.15. The fourth-order valence-corrected chi connectivity index (χ4v) is 4.34. The molecule has 0 heterocycles. The number of anilines is 1. The second-order valence-corrected chi connectivity index (χ2v) is 8.06. The van der Waals surface area contributed by atoms with Crippen molar-refractivity contribution in [2.75, 3.05) is 19.0 Å². The van der Waals surface area contributed by atoms with Crippen LogP contribution in [0.15, 0.2) is 115 Å². The van der Waals surface area contributed by atoms with Crippen molar-refractivity contribution in [3.8, 4) is 33.4 Å². The fraction of sp³-hybridized carbons (Fsp3) is 0.0667. The molecule has 0 saturated heterocycles. The Balaban J connectivity index is 1.69. The molecule has 1 nitrogen and oxygen atoms in total. The van der Waals surface area contributed by atoms with Crippen molar-refractivity contribution in [1.29, 1.82) is 0 Å². The molecule has 5 aromatic rings. The van der Waals surface area contributed by atoms with Crippen molar-refractivity contribution >= 4 is 16.5 Å². The molecule has 0 aliphatic heterocycles. The highest BCUT2D eigenvalue weighted by Crippen LogP contribution is 2.42. The van der Waals surface area contributed by atoms with Crippen LogP contribution in [0.2, 0.25) is 0 Å². The Bertz CT molecular complexity index is 1330. The third-order valence-corrected chi connectivity index (χ3v) is 5.89. The Hall–Kier alpha value is -3.84. The Kier molecular flexibility index (Phi) is 5.01. The van der Waals surface area contributed by atoms with Crippen molar-refractivity contribution in [1.82, 2.24) is 0 Å². The zero-order valence-electron chi connectivity index (χ0n) is 17.9. The molecule has 0 saturated carbocycles. The van der Waals surface area contributed by atoms with Gasteiger partial charge in [0.15, 0.2) is 0 Å². The van der Waals surface area contributed by atoms with Crippen molar-refractivity contribution in [3.63, 3.8) is 0 Å². The molecule has 0 aromatic heterocycles. The average Bonchev–Trinajstić information content (AvgIpc) is 2.84. The number of hydrogen-bond donors (Lipinski definition) is 0. The summed E-state index contributed by atoms with van der Waals surface area (Å²) >= 11 is 0. The maximum absolute atomic E-state index is 2.25. The molecule has 0 N–H and O–H groups in total. The largest absolute Gasteiger partial charge is 0.377 e. The smallest absolute Gasteiger partial charge is 0.0447 e. The lowest BCUT2D eigenvalue weighted by Gasteiger charge is -2.22. The minimum absolute atomic E-state index is 1.23. The van der Waals surface area contributed by atoms with Gasteiger partial charge >= 0.3 is 0 Å². The van der Waals surface area contributed by atoms with Crippen molar-refractivity contribution < 1.29 is 0 Å². The Morgan fingerprint density at radius 3 is 1.77 bits per heavy atom. The summed E-state index contributed by atoms with van der Waals surface area (Å²) in [5.41, 5.74) is 8.73. The van der Waals surface area contributed by atoms with E-state index in [-0.39, 0.29) is 0 Å². The van der Waals surface area contributed by atoms with E-state index in [1.807, 2.05) is 0 Å². The number of fused-ring (bicyclic) bond motifs is 1. The van der Waals surface area contributed by atoms with Gasteiger partial charge in [0, 0.05) is 25.3 Å². The lowest BCUT2D eigenvalue weighted by atomic mass is 9.89. The first-order valence-electron chi connectivity index (χ1n) is 10.7. The summed E-state index contributed by atoms with van der Waals surface area (Å²) in [7, 11) is 4.23. The molecule has 5 aromatic carbocycles. The Morgan fingerprint density at radius 2 is 1.03 bits per heavy atom. The molecule has 150 valence electrons. The monoisotopic (exact) mass is 399 g/mol. The molecule has 0 aliphatic carbocycles. The SMILES string of the molecule is CN(C)c1ccc2ccccc2c1-c1ccccc1-c1ccc(-c2ccccc2)cc1. The molecule has 0 amide bonds. The van der Waals surface area contributed by atoms with Gasteiger partial charge in [0.25, 0.3) is 0 Å². The summed E-state index contributed by atoms with van der Waals surface area (Å²) in [5, 5.41) is 2.54. The topological polar surface area (TPSA) is 3.24 Å². The van der Waals surface area contributed by atoms with Crippen LogP contribution in [0.25, 0.3) is 44.2 Å². The lowest BCUT2D eigenvalue weighted by Crippen LogP contribution is -2.10. The first-order valence-corrected chi connectivity index (χ1v) is 10.7. The molecule has 1 heteroatoms. The molecule has 0 radical (unpaired) electrons. The van der Waals surface area contributed by atoms with E-state index in [9.17, 15) is 0 Å². The van der Waals surface area contributed by atoms with Crippen LogP contribution in [0, 0.1) is 0 Å². The summed E-state index contributed by atoms with van der Waals surface area (Å²) in [6.45, 7) is 0. The van der Waals surface area contributed by atoms with E-state index in [0.29, 0.717) is 0 Å². The first-order chi connectivity index (χ1) is 15.2. The summed E-state index contributed by atoms with van der Waals surface area (Å²) in [6, 6.07) is 41.3. The molecule has 0 atom stereocenters. The van der Waals surface area contributed by atoms with Crippen LogP contribution in [-0.2, 0) is 0 Å². The van der Waals surface area contributed by atoms with Gasteiger partial charge in [-0.25, -0.2) is 0 Å². The van der Waals surface area contributed by atoms with Gasteiger partial charge in [-0.05, 0) is 44.7 Å². The third kappa shape index (κ3) is 3.60. The zero-order chi connectivity index (χ0) is 21.2. The van der Waals surface area contributed by atoms with E-state index in [1.54, 1.807) is 0 Å². The first kappa shape index (κ1) is 19.1. The van der Waals surface area contributed by atoms with Gasteiger partial charge in [-0.3, -0.25) is 0 Å². The molecular weight excluding hydrogens is 374 g/mol. The van der Waals surface area contributed by atoms with Crippen molar-refractivity contribution in [3.05, 3.63) is 115 Å². The standard InChI is InChI=1S/C30H25N/c1-31(2)29-21-20-24-12-6-7-14-27(24)30(29)28-15-9-8-13-26(28)25-18-16-23(17-19-25)22-10-4-3-5-11-22/h3-21H,1-2H3. The molecule has 0 fully saturated rings. The number of nitrogens with zero attached hydrogens (tertiary/aromatic N) is 1. The summed E-state index contributed by atoms with van der Waals surface area (Å²) in [5.74, 6) is 0. The van der Waals surface area contributed by atoms with Gasteiger partial charge in [0.05, 0.1) is 0 Å². The van der Waals surface area contributed by atoms with Crippen molar-refractivity contribution in [2.24, 2.45) is 0 Å². The maximum Gasteiger partial charge on any atom is 0.0447 e. The normalized spacial score (nSPS) is 10.9.